The molecule has 1 aliphatic heterocycles. The quantitative estimate of drug-likeness (QED) is 0.908. The van der Waals surface area contributed by atoms with Crippen molar-refractivity contribution in [3.8, 4) is 0 Å². The van der Waals surface area contributed by atoms with Gasteiger partial charge in [0.15, 0.2) is 0 Å². The molecule has 6 heteroatoms. The van der Waals surface area contributed by atoms with Crippen LogP contribution in [0.1, 0.15) is 18.9 Å². The number of amides is 2. The van der Waals surface area contributed by atoms with E-state index in [0.29, 0.717) is 13.1 Å². The van der Waals surface area contributed by atoms with Gasteiger partial charge in [-0.3, -0.25) is 9.59 Å². The minimum Gasteiger partial charge on any atom is -0.352 e. The first-order valence-electron chi connectivity index (χ1n) is 7.92. The van der Waals surface area contributed by atoms with E-state index in [9.17, 15) is 9.59 Å². The summed E-state index contributed by atoms with van der Waals surface area (Å²) in [7, 11) is 0. The number of nitrogens with zero attached hydrogens (tertiary/aromatic N) is 2. The molecule has 1 N–H and O–H groups in total. The number of nitrogens with one attached hydrogen (secondary N) is 1. The van der Waals surface area contributed by atoms with Crippen LogP contribution in [0.3, 0.4) is 0 Å². The first-order valence-corrected chi connectivity index (χ1v) is 8.80. The molecule has 1 aliphatic rings. The smallest absolute Gasteiger partial charge is 0.241 e. The fourth-order valence-electron chi connectivity index (χ4n) is 2.65. The summed E-state index contributed by atoms with van der Waals surface area (Å²) in [5.74, 6) is -0.155. The zero-order valence-electron chi connectivity index (χ0n) is 13.4. The lowest BCUT2D eigenvalue weighted by Crippen LogP contribution is -2.43. The molecule has 2 heterocycles. The summed E-state index contributed by atoms with van der Waals surface area (Å²) in [5, 5.41) is 3.26. The highest BCUT2D eigenvalue weighted by Gasteiger charge is 2.34. The summed E-state index contributed by atoms with van der Waals surface area (Å²) >= 11 is 1.37. The van der Waals surface area contributed by atoms with Gasteiger partial charge in [-0.1, -0.05) is 42.1 Å². The van der Waals surface area contributed by atoms with Gasteiger partial charge in [-0.25, -0.2) is 4.98 Å². The minimum absolute atomic E-state index is 0.0298. The molecule has 0 bridgehead atoms. The SMILES string of the molecule is CCN1C(=O)C(CC(=O)NCc2ccccc2)Sc2ncccc21. The van der Waals surface area contributed by atoms with E-state index in [0.717, 1.165) is 16.3 Å². The molecule has 124 valence electrons. The number of anilines is 1. The van der Waals surface area contributed by atoms with Crippen molar-refractivity contribution in [1.29, 1.82) is 0 Å². The van der Waals surface area contributed by atoms with Crippen molar-refractivity contribution < 1.29 is 9.59 Å². The van der Waals surface area contributed by atoms with E-state index in [1.807, 2.05) is 49.4 Å². The van der Waals surface area contributed by atoms with E-state index in [4.69, 9.17) is 0 Å². The first kappa shape index (κ1) is 16.5. The Kier molecular flexibility index (Phi) is 5.15. The number of pyridine rings is 1. The largest absolute Gasteiger partial charge is 0.352 e. The third-order valence-electron chi connectivity index (χ3n) is 3.86. The van der Waals surface area contributed by atoms with Crippen LogP contribution >= 0.6 is 11.8 Å². The van der Waals surface area contributed by atoms with Gasteiger partial charge in [0, 0.05) is 25.7 Å². The molecule has 0 saturated carbocycles. The molecule has 0 spiro atoms. The fourth-order valence-corrected chi connectivity index (χ4v) is 3.80. The van der Waals surface area contributed by atoms with Crippen molar-refractivity contribution in [1.82, 2.24) is 10.3 Å². The molecule has 0 aliphatic carbocycles. The topological polar surface area (TPSA) is 62.3 Å². The number of carbonyl (C=O) groups is 2. The number of carbonyl (C=O) groups excluding carboxylic acids is 2. The zero-order valence-corrected chi connectivity index (χ0v) is 14.3. The van der Waals surface area contributed by atoms with Crippen LogP contribution < -0.4 is 10.2 Å². The molecule has 2 aromatic rings. The third kappa shape index (κ3) is 3.59. The van der Waals surface area contributed by atoms with Gasteiger partial charge in [0.05, 0.1) is 10.9 Å². The highest BCUT2D eigenvalue weighted by molar-refractivity contribution is 8.00. The van der Waals surface area contributed by atoms with E-state index in [2.05, 4.69) is 10.3 Å². The second kappa shape index (κ2) is 7.49. The summed E-state index contributed by atoms with van der Waals surface area (Å²) in [6.07, 6.45) is 1.87. The molecule has 0 fully saturated rings. The number of hydrogen-bond acceptors (Lipinski definition) is 4. The van der Waals surface area contributed by atoms with Crippen LogP contribution in [0, 0.1) is 0 Å². The van der Waals surface area contributed by atoms with Gasteiger partial charge in [0.25, 0.3) is 0 Å². The number of fused-ring (bicyclic) bond motifs is 1. The Labute approximate surface area is 145 Å². The molecule has 0 radical (unpaired) electrons. The Balaban J connectivity index is 1.65. The van der Waals surface area contributed by atoms with Crippen molar-refractivity contribution in [2.24, 2.45) is 0 Å². The monoisotopic (exact) mass is 341 g/mol. The summed E-state index contributed by atoms with van der Waals surface area (Å²) in [4.78, 5) is 30.9. The highest BCUT2D eigenvalue weighted by Crippen LogP contribution is 2.38. The Bertz CT molecular complexity index is 736. The van der Waals surface area contributed by atoms with E-state index in [1.165, 1.54) is 11.8 Å². The second-order valence-electron chi connectivity index (χ2n) is 5.48. The van der Waals surface area contributed by atoms with E-state index in [-0.39, 0.29) is 18.2 Å². The molecule has 5 nitrogen and oxygen atoms in total. The normalized spacial score (nSPS) is 16.6. The number of hydrogen-bond donors (Lipinski definition) is 1. The van der Waals surface area contributed by atoms with Crippen LogP contribution in [0.4, 0.5) is 5.69 Å². The third-order valence-corrected chi connectivity index (χ3v) is 5.05. The Hall–Kier alpha value is -2.34. The van der Waals surface area contributed by atoms with Crippen molar-refractivity contribution >= 4 is 29.3 Å². The first-order chi connectivity index (χ1) is 11.7. The van der Waals surface area contributed by atoms with E-state index < -0.39 is 5.25 Å². The molecular formula is C18H19N3O2S. The lowest BCUT2D eigenvalue weighted by molar-refractivity contribution is -0.125. The van der Waals surface area contributed by atoms with Crippen molar-refractivity contribution in [3.05, 3.63) is 54.2 Å². The van der Waals surface area contributed by atoms with Gasteiger partial charge < -0.3 is 10.2 Å². The number of benzene rings is 1. The van der Waals surface area contributed by atoms with Crippen LogP contribution in [0.2, 0.25) is 0 Å². The predicted molar refractivity (Wildman–Crippen MR) is 94.8 cm³/mol. The van der Waals surface area contributed by atoms with Crippen LogP contribution in [0.15, 0.2) is 53.7 Å². The van der Waals surface area contributed by atoms with Gasteiger partial charge in [0.1, 0.15) is 5.03 Å². The maximum absolute atomic E-state index is 12.6. The Morgan fingerprint density at radius 3 is 2.79 bits per heavy atom. The maximum Gasteiger partial charge on any atom is 0.241 e. The average Bonchev–Trinajstić information content (AvgIpc) is 2.62. The molecule has 1 aromatic heterocycles. The predicted octanol–water partition coefficient (Wildman–Crippen LogP) is 2.62. The lowest BCUT2D eigenvalue weighted by Gasteiger charge is -2.31. The second-order valence-corrected chi connectivity index (χ2v) is 6.67. The van der Waals surface area contributed by atoms with Crippen LogP contribution in [0.25, 0.3) is 0 Å². The van der Waals surface area contributed by atoms with Gasteiger partial charge in [-0.2, -0.15) is 0 Å². The fraction of sp³-hybridized carbons (Fsp3) is 0.278. The zero-order chi connectivity index (χ0) is 16.9. The lowest BCUT2D eigenvalue weighted by atomic mass is 10.2. The Morgan fingerprint density at radius 2 is 2.04 bits per heavy atom. The number of thioether (sulfide) groups is 1. The average molecular weight is 341 g/mol. The van der Waals surface area contributed by atoms with Crippen molar-refractivity contribution in [3.63, 3.8) is 0 Å². The molecule has 3 rings (SSSR count). The molecule has 1 atom stereocenters. The van der Waals surface area contributed by atoms with Crippen LogP contribution in [0.5, 0.6) is 0 Å². The minimum atomic E-state index is -0.428. The van der Waals surface area contributed by atoms with Gasteiger partial charge in [0.2, 0.25) is 11.8 Å². The van der Waals surface area contributed by atoms with Gasteiger partial charge in [-0.15, -0.1) is 0 Å². The van der Waals surface area contributed by atoms with Gasteiger partial charge >= 0.3 is 0 Å². The van der Waals surface area contributed by atoms with Crippen molar-refractivity contribution in [2.75, 3.05) is 11.4 Å². The molecular weight excluding hydrogens is 322 g/mol. The summed E-state index contributed by atoms with van der Waals surface area (Å²) in [6, 6.07) is 13.4. The number of rotatable bonds is 5. The van der Waals surface area contributed by atoms with Crippen molar-refractivity contribution in [2.45, 2.75) is 30.2 Å². The Morgan fingerprint density at radius 1 is 1.25 bits per heavy atom. The molecule has 1 aromatic carbocycles. The van der Waals surface area contributed by atoms with E-state index >= 15 is 0 Å². The molecule has 24 heavy (non-hydrogen) atoms. The van der Waals surface area contributed by atoms with Crippen LogP contribution in [-0.4, -0.2) is 28.6 Å². The standard InChI is InChI=1S/C18H19N3O2S/c1-2-21-14-9-6-10-19-17(14)24-15(18(21)23)11-16(22)20-12-13-7-4-3-5-8-13/h3-10,15H,2,11-12H2,1H3,(H,20,22). The molecule has 0 saturated heterocycles. The van der Waals surface area contributed by atoms with E-state index in [1.54, 1.807) is 11.1 Å². The highest BCUT2D eigenvalue weighted by atomic mass is 32.2. The van der Waals surface area contributed by atoms with Crippen LogP contribution in [-0.2, 0) is 16.1 Å². The maximum atomic E-state index is 12.6. The summed E-state index contributed by atoms with van der Waals surface area (Å²) < 4.78 is 0. The number of aromatic nitrogens is 1. The molecule has 1 unspecified atom stereocenters. The molecule has 2 amide bonds. The summed E-state index contributed by atoms with van der Waals surface area (Å²) in [6.45, 7) is 2.97. The van der Waals surface area contributed by atoms with Gasteiger partial charge in [-0.05, 0) is 24.6 Å². The summed E-state index contributed by atoms with van der Waals surface area (Å²) in [5.41, 5.74) is 1.87.